The zero-order chi connectivity index (χ0) is 16.2. The zero-order valence-electron chi connectivity index (χ0n) is 13.6. The summed E-state index contributed by atoms with van der Waals surface area (Å²) in [6.07, 6.45) is 4.41. The van der Waals surface area contributed by atoms with Gasteiger partial charge in [-0.15, -0.1) is 0 Å². The minimum absolute atomic E-state index is 0.432. The summed E-state index contributed by atoms with van der Waals surface area (Å²) in [5.74, 6) is 0.432. The van der Waals surface area contributed by atoms with Crippen LogP contribution in [0.1, 0.15) is 47.9 Å². The van der Waals surface area contributed by atoms with Crippen LogP contribution in [0.3, 0.4) is 0 Å². The van der Waals surface area contributed by atoms with E-state index in [9.17, 15) is 0 Å². The van der Waals surface area contributed by atoms with Gasteiger partial charge >= 0.3 is 0 Å². The molecule has 2 N–H and O–H groups in total. The number of anilines is 1. The lowest BCUT2D eigenvalue weighted by Crippen LogP contribution is -2.07. The summed E-state index contributed by atoms with van der Waals surface area (Å²) in [6, 6.07) is 13.3. The highest BCUT2D eigenvalue weighted by atomic mass is 127. The standard InChI is InChI=1S/C20H24INO/c1-2-23-11-3-4-18-19-12-16(21)9-7-14(19)5-6-15-8-10-17(22)13-20(15)18/h7-10,12-13,18H,2-6,11,22H2,1H3. The van der Waals surface area contributed by atoms with Gasteiger partial charge in [-0.2, -0.15) is 0 Å². The molecule has 3 heteroatoms. The monoisotopic (exact) mass is 421 g/mol. The van der Waals surface area contributed by atoms with Crippen LogP contribution < -0.4 is 5.73 Å². The molecule has 1 aliphatic carbocycles. The molecule has 0 saturated carbocycles. The van der Waals surface area contributed by atoms with Crippen LogP contribution in [0, 0.1) is 3.57 Å². The molecule has 0 spiro atoms. The molecular weight excluding hydrogens is 397 g/mol. The number of nitrogen functional groups attached to an aromatic ring is 1. The zero-order valence-corrected chi connectivity index (χ0v) is 15.8. The molecule has 1 aliphatic rings. The van der Waals surface area contributed by atoms with Gasteiger partial charge in [-0.3, -0.25) is 0 Å². The number of halogens is 1. The molecule has 0 amide bonds. The maximum Gasteiger partial charge on any atom is 0.0466 e. The largest absolute Gasteiger partial charge is 0.399 e. The third kappa shape index (κ3) is 3.89. The van der Waals surface area contributed by atoms with Crippen molar-refractivity contribution in [1.29, 1.82) is 0 Å². The van der Waals surface area contributed by atoms with Gasteiger partial charge in [0, 0.05) is 28.4 Å². The molecule has 0 saturated heterocycles. The second-order valence-corrected chi connectivity index (χ2v) is 7.44. The quantitative estimate of drug-likeness (QED) is 0.423. The number of aryl methyl sites for hydroxylation is 2. The summed E-state index contributed by atoms with van der Waals surface area (Å²) in [6.45, 7) is 3.69. The van der Waals surface area contributed by atoms with Gasteiger partial charge in [-0.05, 0) is 102 Å². The predicted octanol–water partition coefficient (Wildman–Crippen LogP) is 4.92. The summed E-state index contributed by atoms with van der Waals surface area (Å²) in [5, 5.41) is 0. The Bertz CT molecular complexity index is 630. The van der Waals surface area contributed by atoms with E-state index in [-0.39, 0.29) is 0 Å². The highest BCUT2D eigenvalue weighted by molar-refractivity contribution is 14.1. The fraction of sp³-hybridized carbons (Fsp3) is 0.400. The molecule has 2 aromatic carbocycles. The number of rotatable bonds is 5. The predicted molar refractivity (Wildman–Crippen MR) is 105 cm³/mol. The summed E-state index contributed by atoms with van der Waals surface area (Å²) >= 11 is 2.42. The van der Waals surface area contributed by atoms with Crippen molar-refractivity contribution in [3.8, 4) is 0 Å². The second-order valence-electron chi connectivity index (χ2n) is 6.19. The molecular formula is C20H24INO. The molecule has 0 radical (unpaired) electrons. The van der Waals surface area contributed by atoms with Crippen molar-refractivity contribution in [2.75, 3.05) is 18.9 Å². The Kier molecular flexibility index (Phi) is 5.59. The van der Waals surface area contributed by atoms with Crippen molar-refractivity contribution >= 4 is 28.3 Å². The van der Waals surface area contributed by atoms with Crippen molar-refractivity contribution in [3.63, 3.8) is 0 Å². The fourth-order valence-electron chi connectivity index (χ4n) is 3.57. The number of ether oxygens (including phenoxy) is 1. The van der Waals surface area contributed by atoms with Gasteiger partial charge in [0.2, 0.25) is 0 Å². The minimum Gasteiger partial charge on any atom is -0.399 e. The Morgan fingerprint density at radius 2 is 1.78 bits per heavy atom. The Balaban J connectivity index is 1.99. The second kappa shape index (κ2) is 7.67. The molecule has 2 aromatic rings. The van der Waals surface area contributed by atoms with E-state index < -0.39 is 0 Å². The van der Waals surface area contributed by atoms with E-state index in [0.717, 1.165) is 44.6 Å². The first kappa shape index (κ1) is 16.8. The normalized spacial score (nSPS) is 16.5. The van der Waals surface area contributed by atoms with Crippen molar-refractivity contribution in [2.24, 2.45) is 0 Å². The van der Waals surface area contributed by atoms with Gasteiger partial charge in [0.05, 0.1) is 0 Å². The molecule has 122 valence electrons. The van der Waals surface area contributed by atoms with Gasteiger partial charge in [-0.25, -0.2) is 0 Å². The molecule has 23 heavy (non-hydrogen) atoms. The van der Waals surface area contributed by atoms with Crippen LogP contribution in [-0.2, 0) is 17.6 Å². The van der Waals surface area contributed by atoms with Crippen molar-refractivity contribution in [2.45, 2.75) is 38.5 Å². The Morgan fingerprint density at radius 1 is 1.09 bits per heavy atom. The molecule has 0 bridgehead atoms. The first-order valence-electron chi connectivity index (χ1n) is 8.43. The van der Waals surface area contributed by atoms with Gasteiger partial charge in [0.15, 0.2) is 0 Å². The van der Waals surface area contributed by atoms with Crippen LogP contribution in [0.2, 0.25) is 0 Å². The van der Waals surface area contributed by atoms with Crippen LogP contribution >= 0.6 is 22.6 Å². The maximum atomic E-state index is 6.10. The molecule has 3 rings (SSSR count). The molecule has 1 unspecified atom stereocenters. The van der Waals surface area contributed by atoms with Gasteiger partial charge < -0.3 is 10.5 Å². The van der Waals surface area contributed by atoms with Gasteiger partial charge in [0.1, 0.15) is 0 Å². The van der Waals surface area contributed by atoms with E-state index in [2.05, 4.69) is 59.8 Å². The smallest absolute Gasteiger partial charge is 0.0466 e. The summed E-state index contributed by atoms with van der Waals surface area (Å²) < 4.78 is 6.86. The van der Waals surface area contributed by atoms with Crippen LogP contribution in [0.5, 0.6) is 0 Å². The van der Waals surface area contributed by atoms with E-state index in [1.165, 1.54) is 25.8 Å². The lowest BCUT2D eigenvalue weighted by molar-refractivity contribution is 0.142. The highest BCUT2D eigenvalue weighted by Crippen LogP contribution is 2.38. The van der Waals surface area contributed by atoms with Crippen molar-refractivity contribution in [3.05, 3.63) is 62.2 Å². The van der Waals surface area contributed by atoms with Crippen molar-refractivity contribution in [1.82, 2.24) is 0 Å². The van der Waals surface area contributed by atoms with Gasteiger partial charge in [-0.1, -0.05) is 12.1 Å². The van der Waals surface area contributed by atoms with E-state index in [1.807, 2.05) is 6.07 Å². The lowest BCUT2D eigenvalue weighted by Gasteiger charge is -2.21. The highest BCUT2D eigenvalue weighted by Gasteiger charge is 2.23. The average molecular weight is 421 g/mol. The molecule has 0 heterocycles. The summed E-state index contributed by atoms with van der Waals surface area (Å²) in [5.41, 5.74) is 12.8. The Labute approximate surface area is 152 Å². The van der Waals surface area contributed by atoms with Crippen molar-refractivity contribution < 1.29 is 4.74 Å². The Morgan fingerprint density at radius 3 is 2.52 bits per heavy atom. The topological polar surface area (TPSA) is 35.2 Å². The first-order chi connectivity index (χ1) is 11.2. The SMILES string of the molecule is CCOCCCC1c2cc(N)ccc2CCc2ccc(I)cc21. The maximum absolute atomic E-state index is 6.10. The van der Waals surface area contributed by atoms with Crippen LogP contribution in [0.4, 0.5) is 5.69 Å². The lowest BCUT2D eigenvalue weighted by atomic mass is 9.84. The molecule has 0 aromatic heterocycles. The minimum atomic E-state index is 0.432. The molecule has 0 fully saturated rings. The third-order valence-corrected chi connectivity index (χ3v) is 5.35. The summed E-state index contributed by atoms with van der Waals surface area (Å²) in [7, 11) is 0. The average Bonchev–Trinajstić information content (AvgIpc) is 2.68. The van der Waals surface area contributed by atoms with E-state index in [4.69, 9.17) is 10.5 Å². The van der Waals surface area contributed by atoms with E-state index >= 15 is 0 Å². The first-order valence-corrected chi connectivity index (χ1v) is 9.51. The number of benzene rings is 2. The number of fused-ring (bicyclic) bond motifs is 2. The van der Waals surface area contributed by atoms with Gasteiger partial charge in [0.25, 0.3) is 0 Å². The van der Waals surface area contributed by atoms with E-state index in [0.29, 0.717) is 5.92 Å². The Hall–Kier alpha value is -1.07. The van der Waals surface area contributed by atoms with E-state index in [1.54, 1.807) is 0 Å². The number of hydrogen-bond donors (Lipinski definition) is 1. The molecule has 0 aliphatic heterocycles. The summed E-state index contributed by atoms with van der Waals surface area (Å²) in [4.78, 5) is 0. The number of hydrogen-bond acceptors (Lipinski definition) is 2. The third-order valence-electron chi connectivity index (χ3n) is 4.68. The van der Waals surface area contributed by atoms with Crippen LogP contribution in [-0.4, -0.2) is 13.2 Å². The fourth-order valence-corrected chi connectivity index (χ4v) is 4.08. The van der Waals surface area contributed by atoms with Crippen LogP contribution in [0.15, 0.2) is 36.4 Å². The number of nitrogens with two attached hydrogens (primary N) is 1. The molecule has 2 nitrogen and oxygen atoms in total. The molecule has 1 atom stereocenters. The van der Waals surface area contributed by atoms with Crippen LogP contribution in [0.25, 0.3) is 0 Å².